The van der Waals surface area contributed by atoms with Crippen molar-refractivity contribution in [3.63, 3.8) is 0 Å². The molecule has 0 saturated carbocycles. The zero-order valence-corrected chi connectivity index (χ0v) is 11.2. The van der Waals surface area contributed by atoms with E-state index >= 15 is 0 Å². The Hall–Kier alpha value is -0.870. The van der Waals surface area contributed by atoms with Crippen molar-refractivity contribution in [3.8, 4) is 0 Å². The van der Waals surface area contributed by atoms with Crippen molar-refractivity contribution in [2.45, 2.75) is 31.4 Å². The summed E-state index contributed by atoms with van der Waals surface area (Å²) in [4.78, 5) is 1.63. The van der Waals surface area contributed by atoms with Crippen LogP contribution >= 0.6 is 11.6 Å². The number of alkyl halides is 1. The Labute approximate surface area is 110 Å². The normalized spacial score (nSPS) is 23.4. The minimum absolute atomic E-state index is 0.00384. The number of ether oxygens (including phenoxy) is 1. The third-order valence-electron chi connectivity index (χ3n) is 3.42. The van der Waals surface area contributed by atoms with E-state index in [4.69, 9.17) is 16.3 Å². The molecule has 1 saturated heterocycles. The van der Waals surface area contributed by atoms with E-state index in [1.807, 2.05) is 6.92 Å². The predicted molar refractivity (Wildman–Crippen MR) is 68.1 cm³/mol. The maximum absolute atomic E-state index is 13.9. The Morgan fingerprint density at radius 1 is 1.39 bits per heavy atom. The summed E-state index contributed by atoms with van der Waals surface area (Å²) in [5.74, 6) is -1.06. The van der Waals surface area contributed by atoms with Gasteiger partial charge in [-0.1, -0.05) is 0 Å². The average molecular weight is 276 g/mol. The molecule has 2 atom stereocenters. The third-order valence-corrected chi connectivity index (χ3v) is 3.73. The molecule has 0 amide bonds. The van der Waals surface area contributed by atoms with Crippen molar-refractivity contribution >= 4 is 17.3 Å². The van der Waals surface area contributed by atoms with E-state index in [0.29, 0.717) is 12.2 Å². The Balaban J connectivity index is 2.32. The molecule has 0 aromatic heterocycles. The van der Waals surface area contributed by atoms with Gasteiger partial charge in [-0.2, -0.15) is 0 Å². The van der Waals surface area contributed by atoms with Crippen LogP contribution in [0.15, 0.2) is 12.1 Å². The van der Waals surface area contributed by atoms with Gasteiger partial charge in [-0.05, 0) is 31.0 Å². The van der Waals surface area contributed by atoms with Gasteiger partial charge in [-0.25, -0.2) is 8.78 Å². The molecule has 0 spiro atoms. The van der Waals surface area contributed by atoms with Gasteiger partial charge in [0, 0.05) is 19.5 Å². The Kier molecular flexibility index (Phi) is 4.07. The standard InChI is InChI=1S/C13H16ClF2NO/c1-8-12(3-4-18-8)17(2)13-10(15)5-9(7-14)6-11(13)16/h5-6,8,12H,3-4,7H2,1-2H3. The number of nitrogens with zero attached hydrogens (tertiary/aromatic N) is 1. The molecule has 2 rings (SSSR count). The molecule has 1 aliphatic rings. The van der Waals surface area contributed by atoms with Gasteiger partial charge in [0.2, 0.25) is 0 Å². The van der Waals surface area contributed by atoms with Crippen LogP contribution in [-0.2, 0) is 10.6 Å². The van der Waals surface area contributed by atoms with E-state index in [0.717, 1.165) is 6.42 Å². The van der Waals surface area contributed by atoms with Gasteiger partial charge in [0.25, 0.3) is 0 Å². The summed E-state index contributed by atoms with van der Waals surface area (Å²) >= 11 is 5.59. The molecule has 1 aliphatic heterocycles. The predicted octanol–water partition coefficient (Wildman–Crippen LogP) is 3.32. The van der Waals surface area contributed by atoms with E-state index in [-0.39, 0.29) is 23.7 Å². The Bertz CT molecular complexity index is 418. The topological polar surface area (TPSA) is 12.5 Å². The smallest absolute Gasteiger partial charge is 0.149 e. The van der Waals surface area contributed by atoms with Gasteiger partial charge in [0.1, 0.15) is 17.3 Å². The minimum atomic E-state index is -0.577. The van der Waals surface area contributed by atoms with Crippen LogP contribution < -0.4 is 4.90 Å². The maximum atomic E-state index is 13.9. The number of benzene rings is 1. The molecule has 0 N–H and O–H groups in total. The van der Waals surface area contributed by atoms with Crippen LogP contribution in [0.4, 0.5) is 14.5 Å². The molecule has 18 heavy (non-hydrogen) atoms. The molecule has 2 nitrogen and oxygen atoms in total. The highest BCUT2D eigenvalue weighted by molar-refractivity contribution is 6.17. The van der Waals surface area contributed by atoms with Crippen LogP contribution in [0.1, 0.15) is 18.9 Å². The van der Waals surface area contributed by atoms with Crippen molar-refractivity contribution in [1.29, 1.82) is 0 Å². The molecular weight excluding hydrogens is 260 g/mol. The Morgan fingerprint density at radius 2 is 2.00 bits per heavy atom. The second-order valence-corrected chi connectivity index (χ2v) is 4.85. The van der Waals surface area contributed by atoms with Gasteiger partial charge < -0.3 is 9.64 Å². The fourth-order valence-electron chi connectivity index (χ4n) is 2.43. The lowest BCUT2D eigenvalue weighted by molar-refractivity contribution is 0.118. The van der Waals surface area contributed by atoms with Crippen LogP contribution in [-0.4, -0.2) is 25.8 Å². The van der Waals surface area contributed by atoms with Gasteiger partial charge in [-0.15, -0.1) is 11.6 Å². The third kappa shape index (κ3) is 2.45. The van der Waals surface area contributed by atoms with Crippen molar-refractivity contribution < 1.29 is 13.5 Å². The number of anilines is 1. The first-order chi connectivity index (χ1) is 8.54. The molecule has 1 heterocycles. The average Bonchev–Trinajstić information content (AvgIpc) is 2.74. The summed E-state index contributed by atoms with van der Waals surface area (Å²) in [6, 6.07) is 2.56. The number of hydrogen-bond acceptors (Lipinski definition) is 2. The minimum Gasteiger partial charge on any atom is -0.376 e. The highest BCUT2D eigenvalue weighted by Crippen LogP contribution is 2.30. The Morgan fingerprint density at radius 3 is 2.44 bits per heavy atom. The van der Waals surface area contributed by atoms with Gasteiger partial charge in [0.15, 0.2) is 0 Å². The molecule has 100 valence electrons. The summed E-state index contributed by atoms with van der Waals surface area (Å²) in [5, 5.41) is 0. The largest absolute Gasteiger partial charge is 0.376 e. The summed E-state index contributed by atoms with van der Waals surface area (Å²) in [6.45, 7) is 2.54. The highest BCUT2D eigenvalue weighted by atomic mass is 35.5. The lowest BCUT2D eigenvalue weighted by Gasteiger charge is -2.29. The zero-order valence-electron chi connectivity index (χ0n) is 10.4. The first-order valence-corrected chi connectivity index (χ1v) is 6.46. The highest BCUT2D eigenvalue weighted by Gasteiger charge is 2.30. The number of likely N-dealkylation sites (N-methyl/N-ethyl adjacent to an activating group) is 1. The fourth-order valence-corrected chi connectivity index (χ4v) is 2.58. The maximum Gasteiger partial charge on any atom is 0.149 e. The molecule has 0 radical (unpaired) electrons. The van der Waals surface area contributed by atoms with E-state index in [2.05, 4.69) is 0 Å². The second kappa shape index (κ2) is 5.41. The molecule has 2 unspecified atom stereocenters. The monoisotopic (exact) mass is 275 g/mol. The van der Waals surface area contributed by atoms with E-state index < -0.39 is 11.6 Å². The first kappa shape index (κ1) is 13.6. The van der Waals surface area contributed by atoms with E-state index in [1.54, 1.807) is 11.9 Å². The van der Waals surface area contributed by atoms with E-state index in [1.165, 1.54) is 12.1 Å². The van der Waals surface area contributed by atoms with Crippen molar-refractivity contribution in [3.05, 3.63) is 29.3 Å². The van der Waals surface area contributed by atoms with Gasteiger partial charge in [0.05, 0.1) is 12.1 Å². The summed E-state index contributed by atoms with van der Waals surface area (Å²) < 4.78 is 33.3. The molecule has 5 heteroatoms. The summed E-state index contributed by atoms with van der Waals surface area (Å²) in [5.41, 5.74) is 0.436. The van der Waals surface area contributed by atoms with Crippen LogP contribution in [0, 0.1) is 11.6 Å². The second-order valence-electron chi connectivity index (χ2n) is 4.58. The number of hydrogen-bond donors (Lipinski definition) is 0. The van der Waals surface area contributed by atoms with Crippen molar-refractivity contribution in [2.24, 2.45) is 0 Å². The van der Waals surface area contributed by atoms with Crippen molar-refractivity contribution in [2.75, 3.05) is 18.6 Å². The molecule has 0 aliphatic carbocycles. The van der Waals surface area contributed by atoms with Crippen LogP contribution in [0.25, 0.3) is 0 Å². The van der Waals surface area contributed by atoms with Crippen LogP contribution in [0.5, 0.6) is 0 Å². The number of rotatable bonds is 3. The first-order valence-electron chi connectivity index (χ1n) is 5.93. The van der Waals surface area contributed by atoms with Crippen LogP contribution in [0.3, 0.4) is 0 Å². The summed E-state index contributed by atoms with van der Waals surface area (Å²) in [6.07, 6.45) is 0.745. The van der Waals surface area contributed by atoms with Crippen molar-refractivity contribution in [1.82, 2.24) is 0 Å². The van der Waals surface area contributed by atoms with Crippen LogP contribution in [0.2, 0.25) is 0 Å². The fraction of sp³-hybridized carbons (Fsp3) is 0.538. The molecular formula is C13H16ClF2NO. The van der Waals surface area contributed by atoms with Gasteiger partial charge in [-0.3, -0.25) is 0 Å². The quantitative estimate of drug-likeness (QED) is 0.785. The van der Waals surface area contributed by atoms with Gasteiger partial charge >= 0.3 is 0 Å². The lowest BCUT2D eigenvalue weighted by atomic mass is 10.1. The SMILES string of the molecule is CC1OCCC1N(C)c1c(F)cc(CCl)cc1F. The zero-order chi connectivity index (χ0) is 13.3. The molecule has 1 aromatic rings. The summed E-state index contributed by atoms with van der Waals surface area (Å²) in [7, 11) is 1.69. The molecule has 1 aromatic carbocycles. The number of halogens is 3. The van der Waals surface area contributed by atoms with E-state index in [9.17, 15) is 8.78 Å². The lowest BCUT2D eigenvalue weighted by Crippen LogP contribution is -2.37. The molecule has 0 bridgehead atoms. The molecule has 1 fully saturated rings.